The third-order valence-corrected chi connectivity index (χ3v) is 8.50. The molecule has 13 heteroatoms. The van der Waals surface area contributed by atoms with Gasteiger partial charge in [0.2, 0.25) is 5.91 Å². The summed E-state index contributed by atoms with van der Waals surface area (Å²) in [6.07, 6.45) is 1.34. The van der Waals surface area contributed by atoms with E-state index in [4.69, 9.17) is 9.29 Å². The summed E-state index contributed by atoms with van der Waals surface area (Å²) in [6.45, 7) is 1.53. The molecule has 1 aliphatic rings. The predicted octanol–water partition coefficient (Wildman–Crippen LogP) is 2.16. The van der Waals surface area contributed by atoms with Crippen LogP contribution in [0, 0.1) is 0 Å². The Hall–Kier alpha value is -1.80. The fraction of sp³-hybridized carbons (Fsp3) is 0.389. The van der Waals surface area contributed by atoms with E-state index in [0.29, 0.717) is 6.42 Å². The molecule has 2 heterocycles. The van der Waals surface area contributed by atoms with E-state index < -0.39 is 21.3 Å². The van der Waals surface area contributed by atoms with Crippen LogP contribution in [0.2, 0.25) is 0 Å². The molecule has 0 saturated carbocycles. The number of methoxy groups -OCH3 is 1. The zero-order valence-corrected chi connectivity index (χ0v) is 20.1. The van der Waals surface area contributed by atoms with Crippen LogP contribution in [0.5, 0.6) is 0 Å². The van der Waals surface area contributed by atoms with Gasteiger partial charge in [-0.25, -0.2) is 9.78 Å². The number of allylic oxidation sites excluding steroid dienone is 1. The highest BCUT2D eigenvalue weighted by Gasteiger charge is 2.43. The van der Waals surface area contributed by atoms with E-state index in [2.05, 4.69) is 9.72 Å². The highest BCUT2D eigenvalue weighted by atomic mass is 33.1. The summed E-state index contributed by atoms with van der Waals surface area (Å²) in [5.41, 5.74) is 0.597. The maximum Gasteiger partial charge on any atom is 0.358 e. The molecule has 1 amide bonds. The van der Waals surface area contributed by atoms with Crippen molar-refractivity contribution in [2.45, 2.75) is 23.5 Å². The van der Waals surface area contributed by atoms with Crippen LogP contribution in [0.1, 0.15) is 11.9 Å². The summed E-state index contributed by atoms with van der Waals surface area (Å²) in [5, 5.41) is 9.54. The molecule has 1 fully saturated rings. The minimum absolute atomic E-state index is 0.0297. The second-order valence-electron chi connectivity index (χ2n) is 6.48. The van der Waals surface area contributed by atoms with E-state index >= 15 is 0 Å². The van der Waals surface area contributed by atoms with Crippen molar-refractivity contribution in [3.8, 4) is 0 Å². The molecule has 3 rings (SSSR count). The Morgan fingerprint density at radius 2 is 2.16 bits per heavy atom. The Labute approximate surface area is 191 Å². The van der Waals surface area contributed by atoms with Crippen LogP contribution in [0.4, 0.5) is 0 Å². The summed E-state index contributed by atoms with van der Waals surface area (Å²) >= 11 is 1.52. The number of aliphatic hydroxyl groups is 1. The van der Waals surface area contributed by atoms with E-state index in [1.54, 1.807) is 0 Å². The molecule has 0 spiro atoms. The number of rotatable bonds is 9. The van der Waals surface area contributed by atoms with Crippen LogP contribution < -0.4 is 0 Å². The number of carbonyl (C=O) groups is 2. The predicted molar refractivity (Wildman–Crippen MR) is 120 cm³/mol. The fourth-order valence-corrected chi connectivity index (χ4v) is 6.91. The Bertz CT molecular complexity index is 1140. The molecule has 168 valence electrons. The number of β-lactam (4-membered cyclic amide) rings is 1. The third-order valence-electron chi connectivity index (χ3n) is 4.15. The summed E-state index contributed by atoms with van der Waals surface area (Å²) < 4.78 is 33.3. The van der Waals surface area contributed by atoms with E-state index in [1.165, 1.54) is 39.8 Å². The number of carbonyl (C=O) groups excluding carboxylic acids is 2. The molecular formula is C18H20N2O7S4. The van der Waals surface area contributed by atoms with Crippen molar-refractivity contribution in [1.82, 2.24) is 9.88 Å². The lowest BCUT2D eigenvalue weighted by Gasteiger charge is -2.38. The average molecular weight is 505 g/mol. The molecule has 0 bridgehead atoms. The Morgan fingerprint density at radius 1 is 1.42 bits per heavy atom. The standard InChI is InChI=1S/C18H20N2O7S4/c1-10(27-31(3,24)25)16(18(23)26-2)20-9-13(17(20)22)30-29-12-6-4-5-11-15(12)19-14(28-11)7-8-21/h4-6,13,21H,7-9H2,1-3H3/t13-/m0/s1. The largest absolute Gasteiger partial charge is 0.464 e. The zero-order chi connectivity index (χ0) is 22.8. The van der Waals surface area contributed by atoms with Crippen LogP contribution in [0.3, 0.4) is 0 Å². The number of para-hydroxylation sites is 1. The number of hydrogen-bond donors (Lipinski definition) is 1. The molecule has 1 N–H and O–H groups in total. The quantitative estimate of drug-likeness (QED) is 0.136. The maximum atomic E-state index is 12.7. The normalized spacial score (nSPS) is 17.4. The monoisotopic (exact) mass is 504 g/mol. The summed E-state index contributed by atoms with van der Waals surface area (Å²) in [6, 6.07) is 5.77. The van der Waals surface area contributed by atoms with Crippen LogP contribution in [0.15, 0.2) is 34.6 Å². The Balaban J connectivity index is 1.71. The van der Waals surface area contributed by atoms with Gasteiger partial charge < -0.3 is 18.9 Å². The molecule has 1 aromatic heterocycles. The number of benzene rings is 1. The van der Waals surface area contributed by atoms with Gasteiger partial charge in [-0.2, -0.15) is 8.42 Å². The second-order valence-corrected chi connectivity index (χ2v) is 11.6. The van der Waals surface area contributed by atoms with Gasteiger partial charge in [0.1, 0.15) is 11.0 Å². The smallest absolute Gasteiger partial charge is 0.358 e. The molecule has 0 radical (unpaired) electrons. The van der Waals surface area contributed by atoms with Crippen molar-refractivity contribution >= 4 is 65.1 Å². The fourth-order valence-electron chi connectivity index (χ4n) is 2.82. The number of amides is 1. The minimum atomic E-state index is -3.86. The first-order chi connectivity index (χ1) is 14.6. The third kappa shape index (κ3) is 5.52. The van der Waals surface area contributed by atoms with Crippen molar-refractivity contribution in [1.29, 1.82) is 0 Å². The van der Waals surface area contributed by atoms with Crippen molar-refractivity contribution in [2.75, 3.05) is 26.5 Å². The van der Waals surface area contributed by atoms with Gasteiger partial charge in [-0.15, -0.1) is 11.3 Å². The molecule has 1 aliphatic heterocycles. The van der Waals surface area contributed by atoms with Crippen molar-refractivity contribution in [2.24, 2.45) is 0 Å². The van der Waals surface area contributed by atoms with Crippen LogP contribution in [0.25, 0.3) is 10.2 Å². The molecule has 0 aliphatic carbocycles. The molecule has 2 aromatic rings. The first kappa shape index (κ1) is 23.9. The number of thiazole rings is 1. The molecule has 1 atom stereocenters. The van der Waals surface area contributed by atoms with Gasteiger partial charge in [0.05, 0.1) is 28.6 Å². The van der Waals surface area contributed by atoms with Gasteiger partial charge in [-0.3, -0.25) is 4.79 Å². The van der Waals surface area contributed by atoms with Crippen LogP contribution >= 0.6 is 32.9 Å². The van der Waals surface area contributed by atoms with E-state index in [-0.39, 0.29) is 30.5 Å². The van der Waals surface area contributed by atoms with Crippen LogP contribution in [-0.4, -0.2) is 67.1 Å². The number of fused-ring (bicyclic) bond motifs is 1. The Kier molecular flexibility index (Phi) is 7.52. The van der Waals surface area contributed by atoms with Crippen molar-refractivity contribution < 1.29 is 32.0 Å². The van der Waals surface area contributed by atoms with E-state index in [0.717, 1.165) is 38.4 Å². The van der Waals surface area contributed by atoms with Gasteiger partial charge in [-0.1, -0.05) is 27.7 Å². The van der Waals surface area contributed by atoms with Gasteiger partial charge in [0.25, 0.3) is 0 Å². The highest BCUT2D eigenvalue weighted by Crippen LogP contribution is 2.43. The summed E-state index contributed by atoms with van der Waals surface area (Å²) in [7, 11) is 0.0191. The average Bonchev–Trinajstić information content (AvgIpc) is 3.11. The molecule has 9 nitrogen and oxygen atoms in total. The lowest BCUT2D eigenvalue weighted by molar-refractivity contribution is -0.146. The van der Waals surface area contributed by atoms with Crippen LogP contribution in [-0.2, 0) is 35.0 Å². The van der Waals surface area contributed by atoms with Gasteiger partial charge in [0, 0.05) is 24.5 Å². The number of likely N-dealkylation sites (tertiary alicyclic amines) is 1. The lowest BCUT2D eigenvalue weighted by Crippen LogP contribution is -2.55. The molecule has 1 aromatic carbocycles. The molecule has 31 heavy (non-hydrogen) atoms. The number of esters is 1. The summed E-state index contributed by atoms with van der Waals surface area (Å²) in [5.74, 6) is -1.42. The molecular weight excluding hydrogens is 484 g/mol. The SMILES string of the molecule is COC(=O)C(=C(C)OS(C)(=O)=O)N1C[C@H](SSc2cccc3sc(CCO)nc23)C1=O. The number of hydrogen-bond acceptors (Lipinski definition) is 11. The van der Waals surface area contributed by atoms with Crippen molar-refractivity contribution in [3.05, 3.63) is 34.7 Å². The molecule has 1 saturated heterocycles. The van der Waals surface area contributed by atoms with Gasteiger partial charge in [-0.05, 0) is 19.1 Å². The first-order valence-corrected chi connectivity index (χ1v) is 13.8. The molecule has 0 unspecified atom stereocenters. The topological polar surface area (TPSA) is 123 Å². The van der Waals surface area contributed by atoms with E-state index in [9.17, 15) is 18.0 Å². The first-order valence-electron chi connectivity index (χ1n) is 8.97. The number of ether oxygens (including phenoxy) is 1. The van der Waals surface area contributed by atoms with E-state index in [1.807, 2.05) is 18.2 Å². The highest BCUT2D eigenvalue weighted by molar-refractivity contribution is 8.77. The maximum absolute atomic E-state index is 12.7. The van der Waals surface area contributed by atoms with Gasteiger partial charge >= 0.3 is 16.1 Å². The minimum Gasteiger partial charge on any atom is -0.464 e. The lowest BCUT2D eigenvalue weighted by atomic mass is 10.1. The number of aromatic nitrogens is 1. The van der Waals surface area contributed by atoms with Gasteiger partial charge in [0.15, 0.2) is 5.70 Å². The Morgan fingerprint density at radius 3 is 2.77 bits per heavy atom. The number of nitrogens with zero attached hydrogens (tertiary/aromatic N) is 2. The zero-order valence-electron chi connectivity index (χ0n) is 16.9. The van der Waals surface area contributed by atoms with Crippen molar-refractivity contribution in [3.63, 3.8) is 0 Å². The summed E-state index contributed by atoms with van der Waals surface area (Å²) in [4.78, 5) is 31.4. The number of aliphatic hydroxyl groups excluding tert-OH is 1. The second kappa shape index (κ2) is 9.77.